The first-order valence-electron chi connectivity index (χ1n) is 4.81. The maximum absolute atomic E-state index is 13.4. The molecule has 0 fully saturated rings. The molecule has 0 radical (unpaired) electrons. The number of hydrogen-bond acceptors (Lipinski definition) is 2. The molecule has 1 aromatic carbocycles. The van der Waals surface area contributed by atoms with Gasteiger partial charge in [0, 0.05) is 16.7 Å². The van der Waals surface area contributed by atoms with Crippen LogP contribution < -0.4 is 4.74 Å². The number of hydrogen-bond donors (Lipinski definition) is 0. The van der Waals surface area contributed by atoms with Gasteiger partial charge in [0.15, 0.2) is 11.6 Å². The van der Waals surface area contributed by atoms with Crippen molar-refractivity contribution in [2.75, 3.05) is 0 Å². The fourth-order valence-electron chi connectivity index (χ4n) is 1.23. The monoisotopic (exact) mass is 299 g/mol. The van der Waals surface area contributed by atoms with Crippen molar-refractivity contribution < 1.29 is 13.5 Å². The third-order valence-corrected chi connectivity index (χ3v) is 2.52. The van der Waals surface area contributed by atoms with E-state index in [0.29, 0.717) is 4.47 Å². The van der Waals surface area contributed by atoms with E-state index in [0.717, 1.165) is 11.6 Å². The lowest BCUT2D eigenvalue weighted by Crippen LogP contribution is -1.94. The Bertz CT molecular complexity index is 543. The summed E-state index contributed by atoms with van der Waals surface area (Å²) in [6, 6.07) is 5.74. The van der Waals surface area contributed by atoms with E-state index in [1.165, 1.54) is 6.07 Å². The largest absolute Gasteiger partial charge is 0.436 e. The number of nitrogens with zero attached hydrogens (tertiary/aromatic N) is 1. The third kappa shape index (κ3) is 2.79. The van der Waals surface area contributed by atoms with Crippen molar-refractivity contribution in [1.29, 1.82) is 0 Å². The van der Waals surface area contributed by atoms with Crippen molar-refractivity contribution >= 4 is 15.9 Å². The molecule has 0 N–H and O–H groups in total. The summed E-state index contributed by atoms with van der Waals surface area (Å²) in [6.45, 7) is 1.87. The van der Waals surface area contributed by atoms with E-state index in [-0.39, 0.29) is 11.6 Å². The molecule has 0 atom stereocenters. The summed E-state index contributed by atoms with van der Waals surface area (Å²) in [5.74, 6) is -1.99. The number of rotatable bonds is 2. The average Bonchev–Trinajstić information content (AvgIpc) is 2.28. The molecule has 5 heteroatoms. The Morgan fingerprint density at radius 3 is 2.65 bits per heavy atom. The minimum absolute atomic E-state index is 0.201. The highest BCUT2D eigenvalue weighted by Gasteiger charge is 2.12. The molecule has 0 spiro atoms. The normalized spacial score (nSPS) is 10.4. The fraction of sp³-hybridized carbons (Fsp3) is 0.0833. The van der Waals surface area contributed by atoms with Gasteiger partial charge < -0.3 is 4.74 Å². The molecule has 2 rings (SSSR count). The maximum Gasteiger partial charge on any atom is 0.219 e. The standard InChI is InChI=1S/C12H8BrF2NO/c1-7-2-3-11(16-6-7)17-10-5-8(13)4-9(14)12(10)15/h2-6H,1H3. The topological polar surface area (TPSA) is 22.1 Å². The van der Waals surface area contributed by atoms with E-state index >= 15 is 0 Å². The molecule has 0 aliphatic rings. The molecule has 0 saturated carbocycles. The van der Waals surface area contributed by atoms with Crippen LogP contribution in [0.25, 0.3) is 0 Å². The molecule has 2 nitrogen and oxygen atoms in total. The smallest absolute Gasteiger partial charge is 0.219 e. The molecular weight excluding hydrogens is 292 g/mol. The van der Waals surface area contributed by atoms with Gasteiger partial charge in [0.05, 0.1) is 0 Å². The molecule has 0 aliphatic heterocycles. The van der Waals surface area contributed by atoms with Gasteiger partial charge in [0.2, 0.25) is 11.7 Å². The second kappa shape index (κ2) is 4.79. The Hall–Kier alpha value is -1.49. The summed E-state index contributed by atoms with van der Waals surface area (Å²) in [7, 11) is 0. The van der Waals surface area contributed by atoms with Gasteiger partial charge in [-0.15, -0.1) is 0 Å². The lowest BCUT2D eigenvalue weighted by molar-refractivity contribution is 0.405. The molecule has 0 bridgehead atoms. The zero-order valence-electron chi connectivity index (χ0n) is 8.88. The van der Waals surface area contributed by atoms with Crippen LogP contribution in [-0.4, -0.2) is 4.98 Å². The number of aromatic nitrogens is 1. The average molecular weight is 300 g/mol. The highest BCUT2D eigenvalue weighted by molar-refractivity contribution is 9.10. The van der Waals surface area contributed by atoms with E-state index in [4.69, 9.17) is 4.74 Å². The summed E-state index contributed by atoms with van der Waals surface area (Å²) in [5.41, 5.74) is 0.957. The number of ether oxygens (including phenoxy) is 1. The Labute approximate surface area is 105 Å². The van der Waals surface area contributed by atoms with Gasteiger partial charge in [-0.25, -0.2) is 9.37 Å². The van der Waals surface area contributed by atoms with Crippen molar-refractivity contribution in [3.05, 3.63) is 52.1 Å². The SMILES string of the molecule is Cc1ccc(Oc2cc(Br)cc(F)c2F)nc1. The molecule has 88 valence electrons. The fourth-order valence-corrected chi connectivity index (χ4v) is 1.64. The summed E-state index contributed by atoms with van der Waals surface area (Å²) in [4.78, 5) is 3.95. The van der Waals surface area contributed by atoms with E-state index in [9.17, 15) is 8.78 Å². The van der Waals surface area contributed by atoms with Crippen LogP contribution in [0.1, 0.15) is 5.56 Å². The molecular formula is C12H8BrF2NO. The number of halogens is 3. The molecule has 0 aliphatic carbocycles. The van der Waals surface area contributed by atoms with Gasteiger partial charge in [-0.1, -0.05) is 22.0 Å². The molecule has 1 aromatic heterocycles. The van der Waals surface area contributed by atoms with Gasteiger partial charge in [0.1, 0.15) is 0 Å². The van der Waals surface area contributed by atoms with Crippen molar-refractivity contribution in [3.63, 3.8) is 0 Å². The van der Waals surface area contributed by atoms with Gasteiger partial charge in [-0.2, -0.15) is 4.39 Å². The summed E-state index contributed by atoms with van der Waals surface area (Å²) >= 11 is 3.07. The molecule has 0 amide bonds. The predicted octanol–water partition coefficient (Wildman–Crippen LogP) is 4.22. The van der Waals surface area contributed by atoms with Crippen LogP contribution in [0.5, 0.6) is 11.6 Å². The zero-order valence-corrected chi connectivity index (χ0v) is 10.5. The second-order valence-electron chi connectivity index (χ2n) is 3.48. The van der Waals surface area contributed by atoms with Crippen molar-refractivity contribution in [3.8, 4) is 11.6 Å². The Morgan fingerprint density at radius 1 is 1.24 bits per heavy atom. The van der Waals surface area contributed by atoms with Crippen molar-refractivity contribution in [2.45, 2.75) is 6.92 Å². The minimum Gasteiger partial charge on any atom is -0.436 e. The number of benzene rings is 1. The number of aryl methyl sites for hydroxylation is 1. The van der Waals surface area contributed by atoms with Crippen LogP contribution in [0.2, 0.25) is 0 Å². The van der Waals surface area contributed by atoms with Crippen LogP contribution >= 0.6 is 15.9 Å². The Morgan fingerprint density at radius 2 is 2.00 bits per heavy atom. The molecule has 0 saturated heterocycles. The van der Waals surface area contributed by atoms with Crippen LogP contribution in [0.15, 0.2) is 34.9 Å². The van der Waals surface area contributed by atoms with Gasteiger partial charge >= 0.3 is 0 Å². The lowest BCUT2D eigenvalue weighted by Gasteiger charge is -2.07. The summed E-state index contributed by atoms with van der Waals surface area (Å²) < 4.78 is 32.1. The molecule has 2 aromatic rings. The minimum atomic E-state index is -1.03. The number of pyridine rings is 1. The van der Waals surface area contributed by atoms with Crippen molar-refractivity contribution in [1.82, 2.24) is 4.98 Å². The second-order valence-corrected chi connectivity index (χ2v) is 4.39. The highest BCUT2D eigenvalue weighted by Crippen LogP contribution is 2.28. The van der Waals surface area contributed by atoms with Gasteiger partial charge in [-0.05, 0) is 24.6 Å². The predicted molar refractivity (Wildman–Crippen MR) is 63.1 cm³/mol. The van der Waals surface area contributed by atoms with Crippen LogP contribution in [0, 0.1) is 18.6 Å². The maximum atomic E-state index is 13.4. The Kier molecular flexibility index (Phi) is 3.38. The summed E-state index contributed by atoms with van der Waals surface area (Å²) in [6.07, 6.45) is 1.58. The van der Waals surface area contributed by atoms with Crippen molar-refractivity contribution in [2.24, 2.45) is 0 Å². The van der Waals surface area contributed by atoms with Crippen LogP contribution in [-0.2, 0) is 0 Å². The van der Waals surface area contributed by atoms with E-state index in [2.05, 4.69) is 20.9 Å². The Balaban J connectivity index is 2.32. The lowest BCUT2D eigenvalue weighted by atomic mass is 10.3. The van der Waals surface area contributed by atoms with E-state index in [1.54, 1.807) is 18.3 Å². The highest BCUT2D eigenvalue weighted by atomic mass is 79.9. The van der Waals surface area contributed by atoms with Gasteiger partial charge in [-0.3, -0.25) is 0 Å². The quantitative estimate of drug-likeness (QED) is 0.775. The zero-order chi connectivity index (χ0) is 12.4. The van der Waals surface area contributed by atoms with E-state index in [1.807, 2.05) is 6.92 Å². The molecule has 0 unspecified atom stereocenters. The first-order chi connectivity index (χ1) is 8.06. The first kappa shape index (κ1) is 12.0. The molecule has 17 heavy (non-hydrogen) atoms. The first-order valence-corrected chi connectivity index (χ1v) is 5.60. The van der Waals surface area contributed by atoms with Crippen LogP contribution in [0.4, 0.5) is 8.78 Å². The van der Waals surface area contributed by atoms with E-state index < -0.39 is 11.6 Å². The third-order valence-electron chi connectivity index (χ3n) is 2.06. The molecule has 1 heterocycles. The van der Waals surface area contributed by atoms with Gasteiger partial charge in [0.25, 0.3) is 0 Å². The van der Waals surface area contributed by atoms with Crippen LogP contribution in [0.3, 0.4) is 0 Å². The summed E-state index contributed by atoms with van der Waals surface area (Å²) in [5, 5.41) is 0.